The molecule has 2 rings (SSSR count). The van der Waals surface area contributed by atoms with Gasteiger partial charge in [0.15, 0.2) is 11.6 Å². The first-order valence-corrected chi connectivity index (χ1v) is 8.16. The Hall–Kier alpha value is -2.08. The van der Waals surface area contributed by atoms with Crippen molar-refractivity contribution in [1.82, 2.24) is 0 Å². The maximum absolute atomic E-state index is 14.0. The number of nitrogens with one attached hydrogen (secondary N) is 1. The Morgan fingerprint density at radius 2 is 1.87 bits per heavy atom. The van der Waals surface area contributed by atoms with Crippen LogP contribution >= 0.6 is 11.8 Å². The topological polar surface area (TPSA) is 38.3 Å². The predicted molar refractivity (Wildman–Crippen MR) is 89.1 cm³/mol. The monoisotopic (exact) mass is 337 g/mol. The van der Waals surface area contributed by atoms with Gasteiger partial charge in [-0.25, -0.2) is 8.78 Å². The molecular formula is C17H17F2NO2S. The van der Waals surface area contributed by atoms with E-state index in [0.29, 0.717) is 5.69 Å². The minimum atomic E-state index is -0.520. The van der Waals surface area contributed by atoms with Gasteiger partial charge in [-0.15, -0.1) is 0 Å². The Kier molecular flexibility index (Phi) is 5.60. The number of halogens is 2. The standard InChI is InChI=1S/C17H17F2NO2S/c1-10-7-14(19)16(8-11(10)2)22-9-12-13(18)5-4-6-15(12)20-17(21)23-3/h4-8H,9H2,1-3H3,(H,20,21). The zero-order valence-electron chi connectivity index (χ0n) is 13.1. The summed E-state index contributed by atoms with van der Waals surface area (Å²) < 4.78 is 33.3. The summed E-state index contributed by atoms with van der Waals surface area (Å²) in [4.78, 5) is 11.5. The van der Waals surface area contributed by atoms with Crippen LogP contribution in [0.2, 0.25) is 0 Å². The molecule has 1 N–H and O–H groups in total. The highest BCUT2D eigenvalue weighted by molar-refractivity contribution is 8.13. The lowest BCUT2D eigenvalue weighted by atomic mass is 10.1. The van der Waals surface area contributed by atoms with Crippen molar-refractivity contribution in [2.75, 3.05) is 11.6 Å². The smallest absolute Gasteiger partial charge is 0.283 e. The van der Waals surface area contributed by atoms with Crippen LogP contribution in [0.4, 0.5) is 19.3 Å². The number of thioether (sulfide) groups is 1. The molecule has 0 radical (unpaired) electrons. The van der Waals surface area contributed by atoms with Crippen LogP contribution in [0.3, 0.4) is 0 Å². The Morgan fingerprint density at radius 1 is 1.17 bits per heavy atom. The summed E-state index contributed by atoms with van der Waals surface area (Å²) >= 11 is 0.981. The molecule has 0 fully saturated rings. The van der Waals surface area contributed by atoms with Crippen LogP contribution in [0, 0.1) is 25.5 Å². The first-order chi connectivity index (χ1) is 10.9. The summed E-state index contributed by atoms with van der Waals surface area (Å²) in [5.41, 5.74) is 2.18. The first-order valence-electron chi connectivity index (χ1n) is 6.94. The molecule has 0 saturated heterocycles. The van der Waals surface area contributed by atoms with Gasteiger partial charge in [0.2, 0.25) is 0 Å². The van der Waals surface area contributed by atoms with E-state index < -0.39 is 11.6 Å². The fraction of sp³-hybridized carbons (Fsp3) is 0.235. The molecule has 0 spiro atoms. The molecule has 0 saturated carbocycles. The lowest BCUT2D eigenvalue weighted by Crippen LogP contribution is -2.10. The van der Waals surface area contributed by atoms with Crippen molar-refractivity contribution in [3.63, 3.8) is 0 Å². The molecule has 0 unspecified atom stereocenters. The van der Waals surface area contributed by atoms with E-state index in [2.05, 4.69) is 5.32 Å². The third-order valence-corrected chi connectivity index (χ3v) is 3.93. The molecule has 0 bridgehead atoms. The van der Waals surface area contributed by atoms with E-state index in [1.54, 1.807) is 25.3 Å². The molecule has 0 aliphatic carbocycles. The van der Waals surface area contributed by atoms with Crippen molar-refractivity contribution in [3.05, 3.63) is 58.7 Å². The second kappa shape index (κ2) is 7.46. The molecule has 23 heavy (non-hydrogen) atoms. The number of amides is 1. The average Bonchev–Trinajstić information content (AvgIpc) is 2.51. The number of aryl methyl sites for hydroxylation is 2. The van der Waals surface area contributed by atoms with Gasteiger partial charge in [-0.3, -0.25) is 4.79 Å². The molecular weight excluding hydrogens is 320 g/mol. The van der Waals surface area contributed by atoms with E-state index in [1.807, 2.05) is 6.92 Å². The summed E-state index contributed by atoms with van der Waals surface area (Å²) in [7, 11) is 0. The van der Waals surface area contributed by atoms with Gasteiger partial charge in [0.25, 0.3) is 5.24 Å². The minimum absolute atomic E-state index is 0.0542. The number of hydrogen-bond donors (Lipinski definition) is 1. The molecule has 0 atom stereocenters. The molecule has 122 valence electrons. The van der Waals surface area contributed by atoms with Gasteiger partial charge in [0.05, 0.1) is 5.69 Å². The molecule has 0 aromatic heterocycles. The molecule has 0 aliphatic rings. The second-order valence-electron chi connectivity index (χ2n) is 5.04. The third-order valence-electron chi connectivity index (χ3n) is 3.46. The first kappa shape index (κ1) is 17.3. The van der Waals surface area contributed by atoms with E-state index >= 15 is 0 Å². The normalized spacial score (nSPS) is 10.5. The number of carbonyl (C=O) groups excluding carboxylic acids is 1. The van der Waals surface area contributed by atoms with Gasteiger partial charge in [-0.2, -0.15) is 0 Å². The van der Waals surface area contributed by atoms with Crippen LogP contribution in [0.5, 0.6) is 5.75 Å². The number of hydrogen-bond acceptors (Lipinski definition) is 3. The number of carbonyl (C=O) groups is 1. The zero-order valence-corrected chi connectivity index (χ0v) is 13.9. The molecule has 3 nitrogen and oxygen atoms in total. The summed E-state index contributed by atoms with van der Waals surface area (Å²) in [6.07, 6.45) is 1.62. The maximum Gasteiger partial charge on any atom is 0.283 e. The highest BCUT2D eigenvalue weighted by Gasteiger charge is 2.13. The van der Waals surface area contributed by atoms with Crippen LogP contribution in [0.15, 0.2) is 30.3 Å². The largest absolute Gasteiger partial charge is 0.486 e. The van der Waals surface area contributed by atoms with Gasteiger partial charge in [0, 0.05) is 5.56 Å². The summed E-state index contributed by atoms with van der Waals surface area (Å²) in [5.74, 6) is -0.967. The Morgan fingerprint density at radius 3 is 2.57 bits per heavy atom. The maximum atomic E-state index is 14.0. The molecule has 6 heteroatoms. The minimum Gasteiger partial charge on any atom is -0.486 e. The lowest BCUT2D eigenvalue weighted by molar-refractivity contribution is 0.269. The average molecular weight is 337 g/mol. The van der Waals surface area contributed by atoms with Gasteiger partial charge in [-0.1, -0.05) is 17.8 Å². The van der Waals surface area contributed by atoms with E-state index in [9.17, 15) is 13.6 Å². The fourth-order valence-electron chi connectivity index (χ4n) is 2.00. The number of ether oxygens (including phenoxy) is 1. The Bertz CT molecular complexity index is 735. The molecule has 0 aliphatic heterocycles. The number of rotatable bonds is 4. The van der Waals surface area contributed by atoms with Crippen molar-refractivity contribution < 1.29 is 18.3 Å². The van der Waals surface area contributed by atoms with Crippen molar-refractivity contribution in [1.29, 1.82) is 0 Å². The van der Waals surface area contributed by atoms with Crippen LogP contribution in [0.1, 0.15) is 16.7 Å². The zero-order chi connectivity index (χ0) is 17.0. The molecule has 0 heterocycles. The van der Waals surface area contributed by atoms with Gasteiger partial charge < -0.3 is 10.1 Å². The highest BCUT2D eigenvalue weighted by Crippen LogP contribution is 2.26. The van der Waals surface area contributed by atoms with Crippen LogP contribution in [-0.2, 0) is 6.61 Å². The van der Waals surface area contributed by atoms with Crippen LogP contribution in [-0.4, -0.2) is 11.5 Å². The van der Waals surface area contributed by atoms with E-state index in [0.717, 1.165) is 22.9 Å². The summed E-state index contributed by atoms with van der Waals surface area (Å²) in [6.45, 7) is 3.46. The lowest BCUT2D eigenvalue weighted by Gasteiger charge is -2.14. The summed E-state index contributed by atoms with van der Waals surface area (Å²) in [6, 6.07) is 7.29. The second-order valence-corrected chi connectivity index (χ2v) is 5.82. The van der Waals surface area contributed by atoms with E-state index in [4.69, 9.17) is 4.74 Å². The molecule has 2 aromatic carbocycles. The molecule has 1 amide bonds. The van der Waals surface area contributed by atoms with Gasteiger partial charge >= 0.3 is 0 Å². The molecule has 2 aromatic rings. The quantitative estimate of drug-likeness (QED) is 0.848. The SMILES string of the molecule is CSC(=O)Nc1cccc(F)c1COc1cc(C)c(C)cc1F. The van der Waals surface area contributed by atoms with Crippen molar-refractivity contribution in [2.24, 2.45) is 0 Å². The van der Waals surface area contributed by atoms with E-state index in [-0.39, 0.29) is 23.2 Å². The number of benzene rings is 2. The summed E-state index contributed by atoms with van der Waals surface area (Å²) in [5, 5.41) is 2.27. The van der Waals surface area contributed by atoms with Crippen molar-refractivity contribution in [3.8, 4) is 5.75 Å². The van der Waals surface area contributed by atoms with Crippen LogP contribution < -0.4 is 10.1 Å². The van der Waals surface area contributed by atoms with Crippen LogP contribution in [0.25, 0.3) is 0 Å². The van der Waals surface area contributed by atoms with Gasteiger partial charge in [-0.05, 0) is 55.5 Å². The van der Waals surface area contributed by atoms with Crippen molar-refractivity contribution in [2.45, 2.75) is 20.5 Å². The van der Waals surface area contributed by atoms with Crippen molar-refractivity contribution >= 4 is 22.7 Å². The Balaban J connectivity index is 2.23. The van der Waals surface area contributed by atoms with Gasteiger partial charge in [0.1, 0.15) is 12.4 Å². The van der Waals surface area contributed by atoms with E-state index in [1.165, 1.54) is 18.2 Å². The Labute approximate surface area is 138 Å². The predicted octanol–water partition coefficient (Wildman–Crippen LogP) is 5.06. The highest BCUT2D eigenvalue weighted by atomic mass is 32.2. The fourth-order valence-corrected chi connectivity index (χ4v) is 2.21. The third kappa shape index (κ3) is 4.22. The number of anilines is 1.